The minimum atomic E-state index is -0.162. The molecular formula is C23H23N5O2S2. The highest BCUT2D eigenvalue weighted by Gasteiger charge is 2.30. The molecule has 2 N–H and O–H groups in total. The summed E-state index contributed by atoms with van der Waals surface area (Å²) in [5.41, 5.74) is 3.16. The van der Waals surface area contributed by atoms with Crippen LogP contribution in [-0.4, -0.2) is 32.2 Å². The predicted molar refractivity (Wildman–Crippen MR) is 129 cm³/mol. The van der Waals surface area contributed by atoms with Gasteiger partial charge in [0.05, 0.1) is 10.2 Å². The van der Waals surface area contributed by atoms with Gasteiger partial charge in [-0.3, -0.25) is 9.59 Å². The average molecular weight is 466 g/mol. The number of hydrogen-bond donors (Lipinski definition) is 2. The third-order valence-corrected chi connectivity index (χ3v) is 7.25. The summed E-state index contributed by atoms with van der Waals surface area (Å²) in [5, 5.41) is 7.34. The lowest BCUT2D eigenvalue weighted by Crippen LogP contribution is -2.32. The Morgan fingerprint density at radius 2 is 2.06 bits per heavy atom. The van der Waals surface area contributed by atoms with Crippen LogP contribution in [0.15, 0.2) is 30.5 Å². The van der Waals surface area contributed by atoms with Gasteiger partial charge >= 0.3 is 0 Å². The molecule has 0 radical (unpaired) electrons. The number of pyridine rings is 1. The van der Waals surface area contributed by atoms with Crippen molar-refractivity contribution in [3.8, 4) is 11.1 Å². The Bertz CT molecular complexity index is 1320. The number of fused-ring (bicyclic) bond motifs is 2. The van der Waals surface area contributed by atoms with Gasteiger partial charge in [-0.25, -0.2) is 9.97 Å². The van der Waals surface area contributed by atoms with Crippen LogP contribution in [0, 0.1) is 5.92 Å². The maximum Gasteiger partial charge on any atom is 0.271 e. The summed E-state index contributed by atoms with van der Waals surface area (Å²) < 4.78 is 5.35. The first kappa shape index (κ1) is 21.0. The molecule has 1 aromatic carbocycles. The zero-order chi connectivity index (χ0) is 22.2. The number of amides is 2. The number of aromatic nitrogens is 3. The zero-order valence-corrected chi connectivity index (χ0v) is 19.5. The number of benzene rings is 1. The van der Waals surface area contributed by atoms with Crippen LogP contribution in [0.3, 0.4) is 0 Å². The first-order valence-corrected chi connectivity index (χ1v) is 12.4. The van der Waals surface area contributed by atoms with E-state index in [1.807, 2.05) is 31.2 Å². The molecule has 2 amide bonds. The fourth-order valence-electron chi connectivity index (χ4n) is 3.66. The Balaban J connectivity index is 1.43. The first-order valence-electron chi connectivity index (χ1n) is 10.8. The van der Waals surface area contributed by atoms with Crippen molar-refractivity contribution >= 4 is 60.2 Å². The molecule has 3 aromatic heterocycles. The van der Waals surface area contributed by atoms with Crippen LogP contribution in [0.4, 0.5) is 5.13 Å². The molecule has 32 heavy (non-hydrogen) atoms. The van der Waals surface area contributed by atoms with E-state index in [1.165, 1.54) is 22.9 Å². The van der Waals surface area contributed by atoms with Crippen LogP contribution in [0.5, 0.6) is 0 Å². The van der Waals surface area contributed by atoms with E-state index in [-0.39, 0.29) is 23.8 Å². The van der Waals surface area contributed by atoms with E-state index in [0.717, 1.165) is 57.2 Å². The Labute approximate surface area is 193 Å². The van der Waals surface area contributed by atoms with Crippen LogP contribution < -0.4 is 10.6 Å². The van der Waals surface area contributed by atoms with Gasteiger partial charge in [0.15, 0.2) is 10.8 Å². The lowest BCUT2D eigenvalue weighted by atomic mass is 10.1. The van der Waals surface area contributed by atoms with Crippen molar-refractivity contribution in [3.63, 3.8) is 0 Å². The van der Waals surface area contributed by atoms with Crippen molar-refractivity contribution in [1.29, 1.82) is 0 Å². The largest absolute Gasteiger partial charge is 0.348 e. The Kier molecular flexibility index (Phi) is 5.60. The van der Waals surface area contributed by atoms with Crippen LogP contribution in [0.25, 0.3) is 31.6 Å². The molecule has 9 heteroatoms. The van der Waals surface area contributed by atoms with Gasteiger partial charge < -0.3 is 10.6 Å². The van der Waals surface area contributed by atoms with Gasteiger partial charge in [-0.15, -0.1) is 0 Å². The van der Waals surface area contributed by atoms with E-state index in [1.54, 1.807) is 6.20 Å². The summed E-state index contributed by atoms with van der Waals surface area (Å²) in [4.78, 5) is 34.6. The highest BCUT2D eigenvalue weighted by atomic mass is 32.1. The van der Waals surface area contributed by atoms with Crippen LogP contribution in [-0.2, 0) is 4.79 Å². The van der Waals surface area contributed by atoms with Gasteiger partial charge in [-0.05, 0) is 61.5 Å². The topological polar surface area (TPSA) is 96.9 Å². The smallest absolute Gasteiger partial charge is 0.271 e. The van der Waals surface area contributed by atoms with Crippen molar-refractivity contribution in [3.05, 3.63) is 36.2 Å². The fourth-order valence-corrected chi connectivity index (χ4v) is 5.28. The predicted octanol–water partition coefficient (Wildman–Crippen LogP) is 5.23. The molecule has 0 spiro atoms. The number of nitrogens with one attached hydrogen (secondary N) is 2. The lowest BCUT2D eigenvalue weighted by molar-refractivity contribution is -0.117. The molecule has 1 atom stereocenters. The molecule has 0 bridgehead atoms. The summed E-state index contributed by atoms with van der Waals surface area (Å²) >= 11 is 2.70. The third kappa shape index (κ3) is 4.22. The van der Waals surface area contributed by atoms with E-state index in [4.69, 9.17) is 0 Å². The van der Waals surface area contributed by atoms with E-state index in [2.05, 4.69) is 31.9 Å². The minimum Gasteiger partial charge on any atom is -0.348 e. The maximum atomic E-state index is 12.7. The molecule has 4 aromatic rings. The Hall–Kier alpha value is -2.91. The van der Waals surface area contributed by atoms with E-state index >= 15 is 0 Å². The van der Waals surface area contributed by atoms with Gasteiger partial charge in [0, 0.05) is 29.1 Å². The number of nitrogens with zero attached hydrogens (tertiary/aromatic N) is 3. The lowest BCUT2D eigenvalue weighted by Gasteiger charge is -2.11. The monoisotopic (exact) mass is 465 g/mol. The summed E-state index contributed by atoms with van der Waals surface area (Å²) in [6.45, 7) is 4.10. The highest BCUT2D eigenvalue weighted by molar-refractivity contribution is 7.22. The summed E-state index contributed by atoms with van der Waals surface area (Å²) in [7, 11) is 0. The summed E-state index contributed by atoms with van der Waals surface area (Å²) in [6.07, 6.45) is 5.67. The van der Waals surface area contributed by atoms with Crippen molar-refractivity contribution in [2.75, 3.05) is 5.32 Å². The molecule has 1 aliphatic rings. The number of anilines is 1. The Morgan fingerprint density at radius 1 is 1.22 bits per heavy atom. The van der Waals surface area contributed by atoms with Crippen molar-refractivity contribution in [2.45, 2.75) is 45.6 Å². The second-order valence-corrected chi connectivity index (χ2v) is 10.0. The minimum absolute atomic E-state index is 0.0583. The van der Waals surface area contributed by atoms with Crippen molar-refractivity contribution in [2.24, 2.45) is 5.92 Å². The van der Waals surface area contributed by atoms with Crippen LogP contribution >= 0.6 is 22.9 Å². The third-order valence-electron chi connectivity index (χ3n) is 5.54. The summed E-state index contributed by atoms with van der Waals surface area (Å²) in [6, 6.07) is 8.06. The zero-order valence-electron chi connectivity index (χ0n) is 17.8. The van der Waals surface area contributed by atoms with Gasteiger partial charge in [-0.2, -0.15) is 4.37 Å². The number of carbonyl (C=O) groups excluding carboxylic acids is 2. The molecular weight excluding hydrogens is 442 g/mol. The van der Waals surface area contributed by atoms with Crippen LogP contribution in [0.2, 0.25) is 0 Å². The first-order chi connectivity index (χ1) is 15.5. The average Bonchev–Trinajstić information content (AvgIpc) is 3.42. The quantitative estimate of drug-likeness (QED) is 0.389. The van der Waals surface area contributed by atoms with E-state index < -0.39 is 0 Å². The molecule has 1 aliphatic carbocycles. The van der Waals surface area contributed by atoms with Crippen LogP contribution in [0.1, 0.15) is 50.0 Å². The molecule has 164 valence electrons. The standard InChI is InChI=1S/C23H23N5O2S2/c1-3-4-12(2)25-21(30)19-16-9-15(11-24-22(16)32-28-19)14-7-8-17-18(10-14)31-23(26-17)27-20(29)13-5-6-13/h7-13H,3-6H2,1-2H3,(H,25,30)(H,26,27,29). The maximum absolute atomic E-state index is 12.7. The molecule has 3 heterocycles. The normalized spacial score (nSPS) is 14.6. The summed E-state index contributed by atoms with van der Waals surface area (Å²) in [5.74, 6) is 0.0407. The van der Waals surface area contributed by atoms with E-state index in [9.17, 15) is 9.59 Å². The molecule has 7 nitrogen and oxygen atoms in total. The molecule has 0 aliphatic heterocycles. The number of hydrogen-bond acceptors (Lipinski definition) is 7. The van der Waals surface area contributed by atoms with Gasteiger partial charge in [0.2, 0.25) is 5.91 Å². The highest BCUT2D eigenvalue weighted by Crippen LogP contribution is 2.34. The van der Waals surface area contributed by atoms with Crippen molar-refractivity contribution in [1.82, 2.24) is 19.7 Å². The molecule has 1 saturated carbocycles. The number of thiazole rings is 1. The fraction of sp³-hybridized carbons (Fsp3) is 0.348. The van der Waals surface area contributed by atoms with Gasteiger partial charge in [0.25, 0.3) is 5.91 Å². The molecule has 0 saturated heterocycles. The second-order valence-electron chi connectivity index (χ2n) is 8.24. The molecule has 1 fully saturated rings. The van der Waals surface area contributed by atoms with E-state index in [0.29, 0.717) is 10.8 Å². The SMILES string of the molecule is CCCC(C)NC(=O)c1nsc2ncc(-c3ccc4nc(NC(=O)C5CC5)sc4c3)cc12. The van der Waals surface area contributed by atoms with Gasteiger partial charge in [-0.1, -0.05) is 30.7 Å². The number of carbonyl (C=O) groups is 2. The number of rotatable bonds is 7. The second kappa shape index (κ2) is 8.55. The molecule has 5 rings (SSSR count). The van der Waals surface area contributed by atoms with Crippen molar-refractivity contribution < 1.29 is 9.59 Å². The van der Waals surface area contributed by atoms with Gasteiger partial charge in [0.1, 0.15) is 4.83 Å². The molecule has 1 unspecified atom stereocenters. The Morgan fingerprint density at radius 3 is 2.84 bits per heavy atom.